The van der Waals surface area contributed by atoms with E-state index in [9.17, 15) is 9.59 Å². The van der Waals surface area contributed by atoms with Gasteiger partial charge in [-0.1, -0.05) is 29.4 Å². The topological polar surface area (TPSA) is 87.3 Å². The summed E-state index contributed by atoms with van der Waals surface area (Å²) < 4.78 is 5.37. The smallest absolute Gasteiger partial charge is 0.251 e. The van der Waals surface area contributed by atoms with Gasteiger partial charge in [0.05, 0.1) is 35.4 Å². The molecule has 0 radical (unpaired) electrons. The molecule has 2 aromatic rings. The largest absolute Gasteiger partial charge is 0.378 e. The van der Waals surface area contributed by atoms with E-state index >= 15 is 0 Å². The van der Waals surface area contributed by atoms with E-state index in [0.29, 0.717) is 29.1 Å². The Morgan fingerprint density at radius 2 is 2.16 bits per heavy atom. The molecule has 7 nitrogen and oxygen atoms in total. The number of benzene rings is 1. The Morgan fingerprint density at radius 1 is 1.36 bits per heavy atom. The van der Waals surface area contributed by atoms with Crippen LogP contribution in [0, 0.1) is 0 Å². The number of hydrogen-bond acceptors (Lipinski definition) is 6. The highest BCUT2D eigenvalue weighted by molar-refractivity contribution is 7.99. The van der Waals surface area contributed by atoms with Crippen molar-refractivity contribution in [3.8, 4) is 0 Å². The zero-order valence-corrected chi connectivity index (χ0v) is 14.9. The number of ether oxygens (including phenoxy) is 1. The summed E-state index contributed by atoms with van der Waals surface area (Å²) in [4.78, 5) is 32.2. The van der Waals surface area contributed by atoms with Crippen molar-refractivity contribution in [2.24, 2.45) is 0 Å². The van der Waals surface area contributed by atoms with Crippen LogP contribution in [-0.2, 0) is 9.53 Å². The van der Waals surface area contributed by atoms with E-state index in [4.69, 9.17) is 16.3 Å². The number of amides is 1. The summed E-state index contributed by atoms with van der Waals surface area (Å²) in [5.41, 5.74) is 1.22. The predicted molar refractivity (Wildman–Crippen MR) is 98.7 cm³/mol. The van der Waals surface area contributed by atoms with Gasteiger partial charge in [-0.05, 0) is 12.1 Å². The quantitative estimate of drug-likeness (QED) is 0.609. The van der Waals surface area contributed by atoms with Crippen LogP contribution in [-0.4, -0.2) is 47.9 Å². The molecule has 0 bridgehead atoms. The molecule has 1 amide bonds. The van der Waals surface area contributed by atoms with E-state index in [1.165, 1.54) is 12.3 Å². The molecule has 9 heteroatoms. The van der Waals surface area contributed by atoms with Gasteiger partial charge in [-0.25, -0.2) is 4.98 Å². The lowest BCUT2D eigenvalue weighted by molar-refractivity contribution is -0.113. The Bertz CT molecular complexity index is 808. The summed E-state index contributed by atoms with van der Waals surface area (Å²) in [6.45, 7) is 2.69. The fourth-order valence-corrected chi connectivity index (χ4v) is 3.41. The number of thioether (sulfide) groups is 1. The minimum Gasteiger partial charge on any atom is -0.378 e. The van der Waals surface area contributed by atoms with Crippen molar-refractivity contribution in [3.05, 3.63) is 45.8 Å². The maximum Gasteiger partial charge on any atom is 0.251 e. The second-order valence-electron chi connectivity index (χ2n) is 5.31. The highest BCUT2D eigenvalue weighted by Crippen LogP contribution is 2.34. The van der Waals surface area contributed by atoms with Crippen LogP contribution in [0.1, 0.15) is 0 Å². The number of nitrogens with one attached hydrogen (secondary N) is 2. The number of carbonyl (C=O) groups is 1. The maximum absolute atomic E-state index is 12.3. The number of hydrogen-bond donors (Lipinski definition) is 2. The molecule has 0 atom stereocenters. The van der Waals surface area contributed by atoms with Crippen molar-refractivity contribution in [1.29, 1.82) is 0 Å². The fourth-order valence-electron chi connectivity index (χ4n) is 2.47. The number of rotatable bonds is 5. The molecule has 1 aliphatic rings. The Balaban J connectivity index is 1.68. The van der Waals surface area contributed by atoms with Crippen LogP contribution in [0.4, 0.5) is 11.4 Å². The van der Waals surface area contributed by atoms with Crippen LogP contribution >= 0.6 is 23.4 Å². The first kappa shape index (κ1) is 17.8. The van der Waals surface area contributed by atoms with Crippen LogP contribution in [0.15, 0.2) is 40.4 Å². The number of para-hydroxylation sites is 1. The van der Waals surface area contributed by atoms with Crippen molar-refractivity contribution in [2.75, 3.05) is 42.3 Å². The molecule has 3 rings (SSSR count). The Morgan fingerprint density at radius 3 is 2.92 bits per heavy atom. The molecule has 0 aliphatic carbocycles. The summed E-state index contributed by atoms with van der Waals surface area (Å²) in [5.74, 6) is -0.0737. The lowest BCUT2D eigenvalue weighted by Gasteiger charge is -2.31. The molecule has 1 fully saturated rings. The third kappa shape index (κ3) is 4.75. The number of aromatic nitrogens is 2. The Hall–Kier alpha value is -2.03. The molecule has 0 spiro atoms. The first-order chi connectivity index (χ1) is 12.1. The van der Waals surface area contributed by atoms with Gasteiger partial charge in [-0.15, -0.1) is 0 Å². The van der Waals surface area contributed by atoms with E-state index in [1.807, 2.05) is 6.07 Å². The summed E-state index contributed by atoms with van der Waals surface area (Å²) in [7, 11) is 0. The Labute approximate surface area is 153 Å². The molecule has 1 saturated heterocycles. The van der Waals surface area contributed by atoms with Gasteiger partial charge in [0.25, 0.3) is 5.56 Å². The lowest BCUT2D eigenvalue weighted by atomic mass is 10.2. The van der Waals surface area contributed by atoms with E-state index in [1.54, 1.807) is 12.1 Å². The van der Waals surface area contributed by atoms with Crippen molar-refractivity contribution < 1.29 is 9.53 Å². The number of carbonyl (C=O) groups excluding carboxylic acids is 1. The number of halogens is 1. The average molecular weight is 381 g/mol. The van der Waals surface area contributed by atoms with E-state index < -0.39 is 0 Å². The minimum atomic E-state index is -0.248. The van der Waals surface area contributed by atoms with Crippen LogP contribution in [0.3, 0.4) is 0 Å². The van der Waals surface area contributed by atoms with Gasteiger partial charge in [0.1, 0.15) is 0 Å². The summed E-state index contributed by atoms with van der Waals surface area (Å²) >= 11 is 7.51. The van der Waals surface area contributed by atoms with Gasteiger partial charge in [-0.3, -0.25) is 9.59 Å². The van der Waals surface area contributed by atoms with Gasteiger partial charge in [0.15, 0.2) is 5.16 Å². The number of anilines is 2. The van der Waals surface area contributed by atoms with Crippen LogP contribution in [0.2, 0.25) is 5.02 Å². The second-order valence-corrected chi connectivity index (χ2v) is 6.68. The highest BCUT2D eigenvalue weighted by Gasteiger charge is 2.19. The van der Waals surface area contributed by atoms with Gasteiger partial charge in [0.2, 0.25) is 5.91 Å². The van der Waals surface area contributed by atoms with E-state index in [-0.39, 0.29) is 17.2 Å². The van der Waals surface area contributed by atoms with Crippen LogP contribution < -0.4 is 15.8 Å². The molecular formula is C16H17ClN4O3S. The fraction of sp³-hybridized carbons (Fsp3) is 0.312. The normalized spacial score (nSPS) is 14.4. The summed E-state index contributed by atoms with van der Waals surface area (Å²) in [5, 5.41) is 3.88. The number of nitrogens with zero attached hydrogens (tertiary/aromatic N) is 2. The first-order valence-corrected chi connectivity index (χ1v) is 9.09. The molecule has 1 aromatic heterocycles. The van der Waals surface area contributed by atoms with Crippen molar-refractivity contribution >= 4 is 40.6 Å². The SMILES string of the molecule is O=C(CSc1nccc(=O)[nH]1)Nc1cccc(Cl)c1N1CCOCC1. The molecule has 25 heavy (non-hydrogen) atoms. The maximum atomic E-state index is 12.3. The minimum absolute atomic E-state index is 0.127. The predicted octanol–water partition coefficient (Wildman–Crippen LogP) is 1.99. The molecule has 0 saturated carbocycles. The van der Waals surface area contributed by atoms with Crippen molar-refractivity contribution in [3.63, 3.8) is 0 Å². The van der Waals surface area contributed by atoms with Crippen molar-refractivity contribution in [2.45, 2.75) is 5.16 Å². The standard InChI is InChI=1S/C16H17ClN4O3S/c17-11-2-1-3-12(15(11)21-6-8-24-9-7-21)19-14(23)10-25-16-18-5-4-13(22)20-16/h1-5H,6-10H2,(H,19,23)(H,18,20,22). The number of morpholine rings is 1. The summed E-state index contributed by atoms with van der Waals surface area (Å²) in [6, 6.07) is 6.74. The van der Waals surface area contributed by atoms with Crippen LogP contribution in [0.5, 0.6) is 0 Å². The van der Waals surface area contributed by atoms with Gasteiger partial charge in [-0.2, -0.15) is 0 Å². The van der Waals surface area contributed by atoms with E-state index in [0.717, 1.165) is 30.5 Å². The Kier molecular flexibility index (Phi) is 5.95. The summed E-state index contributed by atoms with van der Waals surface area (Å²) in [6.07, 6.45) is 1.41. The van der Waals surface area contributed by atoms with E-state index in [2.05, 4.69) is 20.2 Å². The lowest BCUT2D eigenvalue weighted by Crippen LogP contribution is -2.37. The molecule has 2 N–H and O–H groups in total. The molecular weight excluding hydrogens is 364 g/mol. The molecule has 132 valence electrons. The zero-order chi connectivity index (χ0) is 17.6. The molecule has 1 aromatic carbocycles. The van der Waals surface area contributed by atoms with Gasteiger partial charge in [0, 0.05) is 25.4 Å². The molecule has 0 unspecified atom stereocenters. The molecule has 2 heterocycles. The molecule has 1 aliphatic heterocycles. The van der Waals surface area contributed by atoms with Gasteiger partial charge >= 0.3 is 0 Å². The number of aromatic amines is 1. The second kappa shape index (κ2) is 8.37. The third-order valence-corrected chi connectivity index (χ3v) is 4.77. The first-order valence-electron chi connectivity index (χ1n) is 7.72. The van der Waals surface area contributed by atoms with Crippen LogP contribution in [0.25, 0.3) is 0 Å². The zero-order valence-electron chi connectivity index (χ0n) is 13.3. The number of H-pyrrole nitrogens is 1. The third-order valence-electron chi connectivity index (χ3n) is 3.58. The highest BCUT2D eigenvalue weighted by atomic mass is 35.5. The van der Waals surface area contributed by atoms with Gasteiger partial charge < -0.3 is 19.9 Å². The average Bonchev–Trinajstić information content (AvgIpc) is 2.61. The van der Waals surface area contributed by atoms with Crippen molar-refractivity contribution in [1.82, 2.24) is 9.97 Å². The monoisotopic (exact) mass is 380 g/mol.